The van der Waals surface area contributed by atoms with Gasteiger partial charge in [0.1, 0.15) is 5.75 Å². The Morgan fingerprint density at radius 1 is 1.00 bits per heavy atom. The second-order valence-electron chi connectivity index (χ2n) is 6.23. The molecule has 0 radical (unpaired) electrons. The van der Waals surface area contributed by atoms with Crippen molar-refractivity contribution in [3.8, 4) is 17.9 Å². The van der Waals surface area contributed by atoms with Crippen molar-refractivity contribution in [2.75, 3.05) is 0 Å². The summed E-state index contributed by atoms with van der Waals surface area (Å²) in [6, 6.07) is 23.4. The van der Waals surface area contributed by atoms with Gasteiger partial charge < -0.3 is 4.74 Å². The Bertz CT molecular complexity index is 1070. The van der Waals surface area contributed by atoms with Gasteiger partial charge in [-0.05, 0) is 54.5 Å². The molecule has 0 spiro atoms. The molecule has 0 saturated heterocycles. The lowest BCUT2D eigenvalue weighted by Gasteiger charge is -2.15. The first-order chi connectivity index (χ1) is 12.6. The lowest BCUT2D eigenvalue weighted by atomic mass is 9.98. The second kappa shape index (κ2) is 7.55. The number of ether oxygens (including phenoxy) is 1. The van der Waals surface area contributed by atoms with E-state index in [1.165, 1.54) is 0 Å². The molecule has 0 aliphatic heterocycles. The zero-order valence-corrected chi connectivity index (χ0v) is 14.7. The number of rotatable bonds is 4. The first-order valence-corrected chi connectivity index (χ1v) is 8.43. The number of nitriles is 2. The molecule has 0 heterocycles. The fourth-order valence-electron chi connectivity index (χ4n) is 2.86. The molecule has 0 saturated carbocycles. The third kappa shape index (κ3) is 3.58. The van der Waals surface area contributed by atoms with E-state index in [0.29, 0.717) is 11.1 Å². The first-order valence-electron chi connectivity index (χ1n) is 8.43. The lowest BCUT2D eigenvalue weighted by Crippen LogP contribution is -2.06. The quantitative estimate of drug-likeness (QED) is 0.462. The van der Waals surface area contributed by atoms with Crippen LogP contribution in [0.25, 0.3) is 22.4 Å². The smallest absolute Gasteiger partial charge is 0.127 e. The molecule has 3 nitrogen and oxygen atoms in total. The third-order valence-electron chi connectivity index (χ3n) is 4.01. The van der Waals surface area contributed by atoms with Crippen LogP contribution in [0.5, 0.6) is 5.75 Å². The van der Waals surface area contributed by atoms with E-state index in [1.807, 2.05) is 62.4 Å². The molecular formula is C23H18N2O. The Hall–Kier alpha value is -3.56. The van der Waals surface area contributed by atoms with Crippen molar-refractivity contribution in [2.45, 2.75) is 20.0 Å². The number of fused-ring (bicyclic) bond motifs is 1. The Labute approximate surface area is 153 Å². The van der Waals surface area contributed by atoms with E-state index < -0.39 is 0 Å². The Morgan fingerprint density at radius 3 is 2.54 bits per heavy atom. The molecule has 0 aromatic heterocycles. The van der Waals surface area contributed by atoms with Gasteiger partial charge in [0, 0.05) is 5.56 Å². The number of hydrogen-bond acceptors (Lipinski definition) is 3. The average Bonchev–Trinajstić information content (AvgIpc) is 2.66. The van der Waals surface area contributed by atoms with Crippen LogP contribution in [0.4, 0.5) is 0 Å². The summed E-state index contributed by atoms with van der Waals surface area (Å²) in [7, 11) is 0. The van der Waals surface area contributed by atoms with E-state index in [4.69, 9.17) is 10.00 Å². The molecule has 0 bridgehead atoms. The van der Waals surface area contributed by atoms with E-state index in [-0.39, 0.29) is 6.10 Å². The van der Waals surface area contributed by atoms with E-state index in [1.54, 1.807) is 18.2 Å². The summed E-state index contributed by atoms with van der Waals surface area (Å²) in [6.07, 6.45) is 1.87. The van der Waals surface area contributed by atoms with Crippen molar-refractivity contribution in [1.82, 2.24) is 0 Å². The molecule has 26 heavy (non-hydrogen) atoms. The summed E-state index contributed by atoms with van der Waals surface area (Å²) in [5, 5.41) is 20.9. The Kier molecular flexibility index (Phi) is 5.02. The van der Waals surface area contributed by atoms with Gasteiger partial charge in [0.25, 0.3) is 0 Å². The lowest BCUT2D eigenvalue weighted by molar-refractivity contribution is 0.242. The number of benzene rings is 3. The predicted octanol–water partition coefficient (Wildman–Crippen LogP) is 5.56. The molecule has 0 amide bonds. The standard InChI is InChI=1S/C23H18N2O/c1-16(2)26-23-11-10-18-7-3-4-9-21(18)22(23)13-20(15-25)19-8-5-6-17(12-19)14-24/h3-13,16H,1-2H3. The highest BCUT2D eigenvalue weighted by Gasteiger charge is 2.11. The molecule has 3 heteroatoms. The van der Waals surface area contributed by atoms with E-state index in [0.717, 1.165) is 27.6 Å². The number of allylic oxidation sites excluding steroid dienone is 1. The summed E-state index contributed by atoms with van der Waals surface area (Å²) < 4.78 is 5.97. The van der Waals surface area contributed by atoms with Crippen molar-refractivity contribution in [3.05, 3.63) is 77.4 Å². The summed E-state index contributed by atoms with van der Waals surface area (Å²) in [6.45, 7) is 3.95. The van der Waals surface area contributed by atoms with Gasteiger partial charge in [-0.1, -0.05) is 42.5 Å². The maximum atomic E-state index is 9.71. The van der Waals surface area contributed by atoms with Crippen LogP contribution in [0.3, 0.4) is 0 Å². The van der Waals surface area contributed by atoms with Crippen molar-refractivity contribution >= 4 is 22.4 Å². The molecule has 3 rings (SSSR count). The monoisotopic (exact) mass is 338 g/mol. The minimum Gasteiger partial charge on any atom is -0.490 e. The normalized spacial score (nSPS) is 11.2. The van der Waals surface area contributed by atoms with Crippen LogP contribution in [-0.2, 0) is 0 Å². The van der Waals surface area contributed by atoms with Gasteiger partial charge in [0.05, 0.1) is 29.4 Å². The van der Waals surface area contributed by atoms with Crippen LogP contribution in [0.2, 0.25) is 0 Å². The zero-order chi connectivity index (χ0) is 18.5. The van der Waals surface area contributed by atoms with Gasteiger partial charge in [-0.25, -0.2) is 0 Å². The second-order valence-corrected chi connectivity index (χ2v) is 6.23. The van der Waals surface area contributed by atoms with Crippen molar-refractivity contribution in [2.24, 2.45) is 0 Å². The van der Waals surface area contributed by atoms with Crippen molar-refractivity contribution in [1.29, 1.82) is 10.5 Å². The minimum absolute atomic E-state index is 0.0239. The first kappa shape index (κ1) is 17.3. The molecular weight excluding hydrogens is 320 g/mol. The Morgan fingerprint density at radius 2 is 1.81 bits per heavy atom. The summed E-state index contributed by atoms with van der Waals surface area (Å²) >= 11 is 0. The van der Waals surface area contributed by atoms with E-state index >= 15 is 0 Å². The van der Waals surface area contributed by atoms with Gasteiger partial charge in [0.2, 0.25) is 0 Å². The van der Waals surface area contributed by atoms with Crippen molar-refractivity contribution in [3.63, 3.8) is 0 Å². The fourth-order valence-corrected chi connectivity index (χ4v) is 2.86. The van der Waals surface area contributed by atoms with Gasteiger partial charge in [-0.3, -0.25) is 0 Å². The molecule has 3 aromatic carbocycles. The van der Waals surface area contributed by atoms with Crippen LogP contribution >= 0.6 is 0 Å². The van der Waals surface area contributed by atoms with E-state index in [9.17, 15) is 5.26 Å². The maximum absolute atomic E-state index is 9.71. The fraction of sp³-hybridized carbons (Fsp3) is 0.130. The van der Waals surface area contributed by atoms with Crippen LogP contribution in [0.15, 0.2) is 60.7 Å². The summed E-state index contributed by atoms with van der Waals surface area (Å²) in [5.41, 5.74) is 2.61. The highest BCUT2D eigenvalue weighted by atomic mass is 16.5. The summed E-state index contributed by atoms with van der Waals surface area (Å²) in [4.78, 5) is 0. The predicted molar refractivity (Wildman–Crippen MR) is 104 cm³/mol. The number of hydrogen-bond donors (Lipinski definition) is 0. The van der Waals surface area contributed by atoms with Crippen LogP contribution in [0.1, 0.15) is 30.5 Å². The highest BCUT2D eigenvalue weighted by Crippen LogP contribution is 2.32. The van der Waals surface area contributed by atoms with Crippen LogP contribution in [-0.4, -0.2) is 6.10 Å². The molecule has 3 aromatic rings. The zero-order valence-electron chi connectivity index (χ0n) is 14.7. The van der Waals surface area contributed by atoms with Gasteiger partial charge in [-0.15, -0.1) is 0 Å². The third-order valence-corrected chi connectivity index (χ3v) is 4.01. The minimum atomic E-state index is 0.0239. The SMILES string of the molecule is CC(C)Oc1ccc2ccccc2c1C=C(C#N)c1cccc(C#N)c1. The number of nitrogens with zero attached hydrogens (tertiary/aromatic N) is 2. The van der Waals surface area contributed by atoms with Gasteiger partial charge in [-0.2, -0.15) is 10.5 Å². The average molecular weight is 338 g/mol. The molecule has 0 unspecified atom stereocenters. The van der Waals surface area contributed by atoms with Gasteiger partial charge >= 0.3 is 0 Å². The largest absolute Gasteiger partial charge is 0.490 e. The van der Waals surface area contributed by atoms with Gasteiger partial charge in [0.15, 0.2) is 0 Å². The molecule has 126 valence electrons. The molecule has 0 aliphatic carbocycles. The Balaban J connectivity index is 2.23. The van der Waals surface area contributed by atoms with Crippen LogP contribution in [0, 0.1) is 22.7 Å². The molecule has 0 atom stereocenters. The maximum Gasteiger partial charge on any atom is 0.127 e. The highest BCUT2D eigenvalue weighted by molar-refractivity contribution is 6.00. The molecule has 0 aliphatic rings. The van der Waals surface area contributed by atoms with Crippen molar-refractivity contribution < 1.29 is 4.74 Å². The van der Waals surface area contributed by atoms with E-state index in [2.05, 4.69) is 12.1 Å². The topological polar surface area (TPSA) is 56.8 Å². The molecule has 0 N–H and O–H groups in total. The summed E-state index contributed by atoms with van der Waals surface area (Å²) in [5.74, 6) is 0.739. The van der Waals surface area contributed by atoms with Crippen LogP contribution < -0.4 is 4.74 Å². The molecule has 0 fully saturated rings.